The molecule has 0 aliphatic rings. The van der Waals surface area contributed by atoms with E-state index in [2.05, 4.69) is 6.92 Å². The Morgan fingerprint density at radius 3 is 2.89 bits per heavy atom. The highest BCUT2D eigenvalue weighted by atomic mass is 32.1. The first-order valence-corrected chi connectivity index (χ1v) is 6.77. The number of hydrogen-bond donors (Lipinski definition) is 0. The van der Waals surface area contributed by atoms with Crippen molar-refractivity contribution in [3.8, 4) is 0 Å². The van der Waals surface area contributed by atoms with Gasteiger partial charge in [-0.1, -0.05) is 25.1 Å². The van der Waals surface area contributed by atoms with Gasteiger partial charge in [0.1, 0.15) is 5.58 Å². The van der Waals surface area contributed by atoms with Gasteiger partial charge in [-0.15, -0.1) is 11.3 Å². The SMILES string of the molecule is CCc1ccsc1C(=O)c1cc2ccccc2o1. The van der Waals surface area contributed by atoms with Crippen molar-refractivity contribution < 1.29 is 9.21 Å². The Hall–Kier alpha value is -1.87. The van der Waals surface area contributed by atoms with Crippen molar-refractivity contribution in [3.05, 3.63) is 58.0 Å². The van der Waals surface area contributed by atoms with Gasteiger partial charge in [-0.2, -0.15) is 0 Å². The molecule has 3 rings (SSSR count). The molecule has 0 unspecified atom stereocenters. The molecule has 0 aliphatic heterocycles. The lowest BCUT2D eigenvalue weighted by molar-refractivity contribution is 0.101. The van der Waals surface area contributed by atoms with Crippen LogP contribution in [-0.2, 0) is 6.42 Å². The largest absolute Gasteiger partial charge is 0.453 e. The maximum Gasteiger partial charge on any atom is 0.238 e. The van der Waals surface area contributed by atoms with Gasteiger partial charge in [-0.3, -0.25) is 4.79 Å². The van der Waals surface area contributed by atoms with E-state index < -0.39 is 0 Å². The lowest BCUT2D eigenvalue weighted by Gasteiger charge is -1.97. The fourth-order valence-electron chi connectivity index (χ4n) is 2.02. The van der Waals surface area contributed by atoms with E-state index in [0.29, 0.717) is 5.76 Å². The average Bonchev–Trinajstić information content (AvgIpc) is 3.03. The number of furan rings is 1. The summed E-state index contributed by atoms with van der Waals surface area (Å²) in [6, 6.07) is 11.5. The van der Waals surface area contributed by atoms with Crippen molar-refractivity contribution in [1.82, 2.24) is 0 Å². The Labute approximate surface area is 109 Å². The van der Waals surface area contributed by atoms with Crippen LogP contribution in [0, 0.1) is 0 Å². The summed E-state index contributed by atoms with van der Waals surface area (Å²) in [6.45, 7) is 2.05. The number of para-hydroxylation sites is 1. The minimum absolute atomic E-state index is 0.0157. The van der Waals surface area contributed by atoms with Gasteiger partial charge in [0.25, 0.3) is 0 Å². The molecule has 0 N–H and O–H groups in total. The van der Waals surface area contributed by atoms with Crippen LogP contribution in [0.3, 0.4) is 0 Å². The Kier molecular flexibility index (Phi) is 2.76. The van der Waals surface area contributed by atoms with E-state index in [0.717, 1.165) is 27.8 Å². The van der Waals surface area contributed by atoms with Crippen LogP contribution in [0.1, 0.15) is 27.9 Å². The van der Waals surface area contributed by atoms with Crippen LogP contribution in [0.15, 0.2) is 46.2 Å². The summed E-state index contributed by atoms with van der Waals surface area (Å²) in [4.78, 5) is 13.2. The van der Waals surface area contributed by atoms with Gasteiger partial charge < -0.3 is 4.42 Å². The highest BCUT2D eigenvalue weighted by Gasteiger charge is 2.18. The molecule has 0 atom stereocenters. The van der Waals surface area contributed by atoms with Crippen LogP contribution in [0.5, 0.6) is 0 Å². The summed E-state index contributed by atoms with van der Waals surface area (Å²) >= 11 is 1.48. The Morgan fingerprint density at radius 2 is 2.11 bits per heavy atom. The van der Waals surface area contributed by atoms with Crippen molar-refractivity contribution in [2.24, 2.45) is 0 Å². The zero-order chi connectivity index (χ0) is 12.5. The number of thiophene rings is 1. The molecule has 3 aromatic rings. The van der Waals surface area contributed by atoms with Gasteiger partial charge >= 0.3 is 0 Å². The lowest BCUT2D eigenvalue weighted by Crippen LogP contribution is -1.99. The molecule has 0 bridgehead atoms. The minimum atomic E-state index is -0.0157. The molecule has 0 amide bonds. The molecular weight excluding hydrogens is 244 g/mol. The second-order valence-corrected chi connectivity index (χ2v) is 5.02. The molecule has 0 fully saturated rings. The Morgan fingerprint density at radius 1 is 1.28 bits per heavy atom. The van der Waals surface area contributed by atoms with Crippen molar-refractivity contribution in [2.45, 2.75) is 13.3 Å². The standard InChI is InChI=1S/C15H12O2S/c1-2-10-7-8-18-15(10)14(16)13-9-11-5-3-4-6-12(11)17-13/h3-9H,2H2,1H3. The van der Waals surface area contributed by atoms with Crippen molar-refractivity contribution in [1.29, 1.82) is 0 Å². The molecular formula is C15H12O2S. The first-order valence-electron chi connectivity index (χ1n) is 5.89. The normalized spacial score (nSPS) is 10.9. The average molecular weight is 256 g/mol. The number of rotatable bonds is 3. The monoisotopic (exact) mass is 256 g/mol. The first kappa shape index (κ1) is 11.2. The Balaban J connectivity index is 2.06. The zero-order valence-corrected chi connectivity index (χ0v) is 10.8. The summed E-state index contributed by atoms with van der Waals surface area (Å²) in [7, 11) is 0. The molecule has 0 aliphatic carbocycles. The van der Waals surface area contributed by atoms with Crippen LogP contribution in [0.25, 0.3) is 11.0 Å². The number of benzene rings is 1. The van der Waals surface area contributed by atoms with E-state index in [1.54, 1.807) is 0 Å². The van der Waals surface area contributed by atoms with Crippen LogP contribution in [0.4, 0.5) is 0 Å². The van der Waals surface area contributed by atoms with Gasteiger partial charge in [-0.25, -0.2) is 0 Å². The smallest absolute Gasteiger partial charge is 0.238 e. The highest BCUT2D eigenvalue weighted by molar-refractivity contribution is 7.12. The maximum atomic E-state index is 12.4. The Bertz CT molecular complexity index is 673. The van der Waals surface area contributed by atoms with E-state index in [9.17, 15) is 4.79 Å². The van der Waals surface area contributed by atoms with Gasteiger partial charge in [0.2, 0.25) is 5.78 Å². The lowest BCUT2D eigenvalue weighted by atomic mass is 10.1. The number of carbonyl (C=O) groups is 1. The van der Waals surface area contributed by atoms with Crippen molar-refractivity contribution >= 4 is 28.1 Å². The maximum absolute atomic E-state index is 12.4. The molecule has 3 heteroatoms. The second-order valence-electron chi connectivity index (χ2n) is 4.11. The quantitative estimate of drug-likeness (QED) is 0.654. The molecule has 18 heavy (non-hydrogen) atoms. The molecule has 0 saturated carbocycles. The molecule has 0 saturated heterocycles. The third-order valence-electron chi connectivity index (χ3n) is 2.98. The second kappa shape index (κ2) is 4.42. The summed E-state index contributed by atoms with van der Waals surface area (Å²) in [5, 5.41) is 2.92. The number of fused-ring (bicyclic) bond motifs is 1. The van der Waals surface area contributed by atoms with Crippen LogP contribution in [0.2, 0.25) is 0 Å². The summed E-state index contributed by atoms with van der Waals surface area (Å²) in [5.74, 6) is 0.409. The van der Waals surface area contributed by atoms with E-state index in [-0.39, 0.29) is 5.78 Å². The fourth-order valence-corrected chi connectivity index (χ4v) is 2.96. The summed E-state index contributed by atoms with van der Waals surface area (Å²) in [5.41, 5.74) is 1.85. The van der Waals surface area contributed by atoms with Gasteiger partial charge in [0, 0.05) is 5.39 Å². The number of aryl methyl sites for hydroxylation is 1. The molecule has 2 heterocycles. The summed E-state index contributed by atoms with van der Waals surface area (Å²) < 4.78 is 5.61. The third-order valence-corrected chi connectivity index (χ3v) is 3.94. The molecule has 90 valence electrons. The van der Waals surface area contributed by atoms with E-state index in [1.807, 2.05) is 41.8 Å². The molecule has 2 nitrogen and oxygen atoms in total. The number of hydrogen-bond acceptors (Lipinski definition) is 3. The summed E-state index contributed by atoms with van der Waals surface area (Å²) in [6.07, 6.45) is 0.866. The van der Waals surface area contributed by atoms with E-state index >= 15 is 0 Å². The molecule has 2 aromatic heterocycles. The fraction of sp³-hybridized carbons (Fsp3) is 0.133. The molecule has 0 radical (unpaired) electrons. The predicted molar refractivity (Wildman–Crippen MR) is 73.3 cm³/mol. The van der Waals surface area contributed by atoms with E-state index in [1.165, 1.54) is 11.3 Å². The van der Waals surface area contributed by atoms with Crippen molar-refractivity contribution in [2.75, 3.05) is 0 Å². The van der Waals surface area contributed by atoms with Crippen LogP contribution < -0.4 is 0 Å². The highest BCUT2D eigenvalue weighted by Crippen LogP contribution is 2.25. The van der Waals surface area contributed by atoms with Gasteiger partial charge in [0.15, 0.2) is 5.76 Å². The topological polar surface area (TPSA) is 30.2 Å². The van der Waals surface area contributed by atoms with Crippen molar-refractivity contribution in [3.63, 3.8) is 0 Å². The van der Waals surface area contributed by atoms with Gasteiger partial charge in [-0.05, 0) is 35.6 Å². The third kappa shape index (κ3) is 1.77. The molecule has 0 spiro atoms. The predicted octanol–water partition coefficient (Wildman–Crippen LogP) is 4.29. The minimum Gasteiger partial charge on any atom is -0.453 e. The number of ketones is 1. The number of carbonyl (C=O) groups excluding carboxylic acids is 1. The van der Waals surface area contributed by atoms with Crippen LogP contribution >= 0.6 is 11.3 Å². The zero-order valence-electron chi connectivity index (χ0n) is 9.97. The van der Waals surface area contributed by atoms with Gasteiger partial charge in [0.05, 0.1) is 4.88 Å². The van der Waals surface area contributed by atoms with Crippen LogP contribution in [-0.4, -0.2) is 5.78 Å². The molecule has 1 aromatic carbocycles. The first-order chi connectivity index (χ1) is 8.79. The van der Waals surface area contributed by atoms with E-state index in [4.69, 9.17) is 4.42 Å².